The van der Waals surface area contributed by atoms with Gasteiger partial charge < -0.3 is 9.13 Å². The van der Waals surface area contributed by atoms with Gasteiger partial charge in [0.25, 0.3) is 0 Å². The molecule has 0 aliphatic heterocycles. The van der Waals surface area contributed by atoms with Crippen LogP contribution in [0.1, 0.15) is 0 Å². The Bertz CT molecular complexity index is 665. The number of nitrogens with zero attached hydrogens (tertiary/aromatic N) is 2. The Kier molecular flexibility index (Phi) is 3.53. The van der Waals surface area contributed by atoms with E-state index in [-0.39, 0.29) is 0 Å². The van der Waals surface area contributed by atoms with Crippen molar-refractivity contribution in [2.24, 2.45) is 0 Å². The summed E-state index contributed by atoms with van der Waals surface area (Å²) in [6, 6.07) is 19.3. The predicted octanol–water partition coefficient (Wildman–Crippen LogP) is 2.85. The molecular formula is C16H15N2OP. The maximum atomic E-state index is 13.6. The van der Waals surface area contributed by atoms with E-state index >= 15 is 0 Å². The van der Waals surface area contributed by atoms with Gasteiger partial charge in [-0.15, -0.1) is 0 Å². The molecule has 0 radical (unpaired) electrons. The Morgan fingerprint density at radius 1 is 0.900 bits per heavy atom. The molecule has 3 rings (SSSR count). The van der Waals surface area contributed by atoms with Gasteiger partial charge in [-0.2, -0.15) is 0 Å². The Morgan fingerprint density at radius 3 is 1.90 bits per heavy atom. The zero-order valence-electron chi connectivity index (χ0n) is 11.0. The maximum Gasteiger partial charge on any atom is 0.161 e. The van der Waals surface area contributed by atoms with E-state index in [0.29, 0.717) is 6.29 Å². The van der Waals surface area contributed by atoms with Gasteiger partial charge in [0.1, 0.15) is 0 Å². The highest BCUT2D eigenvalue weighted by Gasteiger charge is 2.27. The molecule has 1 heterocycles. The average Bonchev–Trinajstić information content (AvgIpc) is 3.02. The van der Waals surface area contributed by atoms with Gasteiger partial charge in [0.15, 0.2) is 7.14 Å². The third kappa shape index (κ3) is 2.45. The van der Waals surface area contributed by atoms with Gasteiger partial charge >= 0.3 is 0 Å². The zero-order chi connectivity index (χ0) is 13.8. The van der Waals surface area contributed by atoms with Crippen molar-refractivity contribution < 1.29 is 4.57 Å². The van der Waals surface area contributed by atoms with Gasteiger partial charge in [0, 0.05) is 23.0 Å². The molecule has 0 fully saturated rings. The van der Waals surface area contributed by atoms with Crippen molar-refractivity contribution >= 4 is 17.8 Å². The van der Waals surface area contributed by atoms with Crippen LogP contribution < -0.4 is 10.6 Å². The number of aromatic nitrogens is 2. The maximum absolute atomic E-state index is 13.6. The van der Waals surface area contributed by atoms with E-state index in [1.54, 1.807) is 12.5 Å². The molecule has 0 N–H and O–H groups in total. The summed E-state index contributed by atoms with van der Waals surface area (Å²) in [4.78, 5) is 4.04. The van der Waals surface area contributed by atoms with Crippen molar-refractivity contribution in [1.82, 2.24) is 9.55 Å². The Balaban J connectivity index is 2.10. The first-order chi connectivity index (χ1) is 9.79. The average molecular weight is 282 g/mol. The molecule has 3 aromatic rings. The van der Waals surface area contributed by atoms with Crippen molar-refractivity contribution in [2.75, 3.05) is 0 Å². The second kappa shape index (κ2) is 5.48. The molecule has 3 nitrogen and oxygen atoms in total. The van der Waals surface area contributed by atoms with Crippen LogP contribution in [0, 0.1) is 0 Å². The summed E-state index contributed by atoms with van der Waals surface area (Å²) in [6.45, 7) is 0. The lowest BCUT2D eigenvalue weighted by molar-refractivity contribution is 0.579. The number of imidazole rings is 1. The van der Waals surface area contributed by atoms with E-state index in [9.17, 15) is 4.57 Å². The molecule has 100 valence electrons. The quantitative estimate of drug-likeness (QED) is 0.690. The van der Waals surface area contributed by atoms with Crippen LogP contribution in [-0.2, 0) is 10.9 Å². The van der Waals surface area contributed by atoms with Gasteiger partial charge in [0.05, 0.1) is 12.6 Å². The van der Waals surface area contributed by atoms with Gasteiger partial charge in [0.2, 0.25) is 0 Å². The van der Waals surface area contributed by atoms with E-state index in [0.717, 1.165) is 10.6 Å². The second-order valence-corrected chi connectivity index (χ2v) is 7.42. The summed E-state index contributed by atoms with van der Waals surface area (Å²) in [5.41, 5.74) is 0. The summed E-state index contributed by atoms with van der Waals surface area (Å²) in [5, 5.41) is 1.75. The van der Waals surface area contributed by atoms with E-state index in [1.165, 1.54) is 0 Å². The molecule has 0 bridgehead atoms. The summed E-state index contributed by atoms with van der Waals surface area (Å²) < 4.78 is 15.5. The first-order valence-electron chi connectivity index (χ1n) is 6.45. The van der Waals surface area contributed by atoms with Gasteiger partial charge in [-0.3, -0.25) is 0 Å². The molecule has 0 aliphatic rings. The highest BCUT2D eigenvalue weighted by molar-refractivity contribution is 7.77. The Morgan fingerprint density at radius 2 is 1.45 bits per heavy atom. The highest BCUT2D eigenvalue weighted by Crippen LogP contribution is 2.44. The topological polar surface area (TPSA) is 34.9 Å². The molecule has 0 saturated heterocycles. The minimum atomic E-state index is -2.69. The number of benzene rings is 2. The van der Waals surface area contributed by atoms with Crippen LogP contribution in [0.25, 0.3) is 0 Å². The lowest BCUT2D eigenvalue weighted by atomic mass is 10.4. The number of hydrogen-bond donors (Lipinski definition) is 0. The summed E-state index contributed by atoms with van der Waals surface area (Å²) in [5.74, 6) is 0. The normalized spacial score (nSPS) is 11.4. The van der Waals surface area contributed by atoms with Crippen molar-refractivity contribution in [3.05, 3.63) is 79.4 Å². The molecular weight excluding hydrogens is 267 g/mol. The molecule has 0 amide bonds. The van der Waals surface area contributed by atoms with Crippen molar-refractivity contribution in [3.8, 4) is 0 Å². The van der Waals surface area contributed by atoms with Crippen molar-refractivity contribution in [2.45, 2.75) is 6.29 Å². The largest absolute Gasteiger partial charge is 0.329 e. The van der Waals surface area contributed by atoms with Crippen LogP contribution in [0.3, 0.4) is 0 Å². The van der Waals surface area contributed by atoms with Crippen LogP contribution in [0.2, 0.25) is 0 Å². The molecule has 0 unspecified atom stereocenters. The monoisotopic (exact) mass is 282 g/mol. The minimum absolute atomic E-state index is 0.432. The SMILES string of the molecule is O=P(Cn1ccnc1)(c1ccccc1)c1ccccc1. The molecule has 0 atom stereocenters. The molecule has 4 heteroatoms. The Hall–Kier alpha value is -2.12. The fourth-order valence-corrected chi connectivity index (χ4v) is 4.81. The standard InChI is InChI=1S/C16H15N2OP/c19-20(14-18-12-11-17-13-18,15-7-3-1-4-8-15)16-9-5-2-6-10-16/h1-13H,14H2. The lowest BCUT2D eigenvalue weighted by Gasteiger charge is -2.19. The van der Waals surface area contributed by atoms with Crippen LogP contribution >= 0.6 is 7.14 Å². The first-order valence-corrected chi connectivity index (χ1v) is 8.34. The molecule has 0 aliphatic carbocycles. The van der Waals surface area contributed by atoms with E-state index in [2.05, 4.69) is 4.98 Å². The van der Waals surface area contributed by atoms with Crippen LogP contribution in [-0.4, -0.2) is 9.55 Å². The van der Waals surface area contributed by atoms with Gasteiger partial charge in [-0.1, -0.05) is 60.7 Å². The summed E-state index contributed by atoms with van der Waals surface area (Å²) >= 11 is 0. The van der Waals surface area contributed by atoms with Crippen LogP contribution in [0.4, 0.5) is 0 Å². The highest BCUT2D eigenvalue weighted by atomic mass is 31.2. The minimum Gasteiger partial charge on any atom is -0.329 e. The van der Waals surface area contributed by atoms with Crippen LogP contribution in [0.15, 0.2) is 79.4 Å². The Labute approximate surface area is 118 Å². The van der Waals surface area contributed by atoms with Gasteiger partial charge in [-0.05, 0) is 0 Å². The predicted molar refractivity (Wildman–Crippen MR) is 82.0 cm³/mol. The van der Waals surface area contributed by atoms with E-state index in [1.807, 2.05) is 71.4 Å². The smallest absolute Gasteiger partial charge is 0.161 e. The molecule has 0 saturated carbocycles. The van der Waals surface area contributed by atoms with E-state index in [4.69, 9.17) is 0 Å². The van der Waals surface area contributed by atoms with Crippen molar-refractivity contribution in [3.63, 3.8) is 0 Å². The first kappa shape index (κ1) is 12.9. The fourth-order valence-electron chi connectivity index (χ4n) is 2.25. The molecule has 20 heavy (non-hydrogen) atoms. The summed E-state index contributed by atoms with van der Waals surface area (Å²) in [6.07, 6.45) is 5.69. The van der Waals surface area contributed by atoms with Gasteiger partial charge in [-0.25, -0.2) is 4.98 Å². The van der Waals surface area contributed by atoms with E-state index < -0.39 is 7.14 Å². The third-order valence-electron chi connectivity index (χ3n) is 3.27. The summed E-state index contributed by atoms with van der Waals surface area (Å²) in [7, 11) is -2.69. The number of rotatable bonds is 4. The molecule has 2 aromatic carbocycles. The second-order valence-electron chi connectivity index (χ2n) is 4.63. The number of hydrogen-bond acceptors (Lipinski definition) is 2. The van der Waals surface area contributed by atoms with Crippen LogP contribution in [0.5, 0.6) is 0 Å². The lowest BCUT2D eigenvalue weighted by Crippen LogP contribution is -2.19. The fraction of sp³-hybridized carbons (Fsp3) is 0.0625. The third-order valence-corrected chi connectivity index (χ3v) is 6.26. The molecule has 1 aromatic heterocycles. The molecule has 0 spiro atoms. The van der Waals surface area contributed by atoms with Crippen molar-refractivity contribution in [1.29, 1.82) is 0 Å². The zero-order valence-corrected chi connectivity index (χ0v) is 11.9.